The first-order valence-corrected chi connectivity index (χ1v) is 3.72. The Morgan fingerprint density at radius 3 is 2.58 bits per heavy atom. The molecule has 0 spiro atoms. The van der Waals surface area contributed by atoms with Crippen LogP contribution in [0.15, 0.2) is 0 Å². The van der Waals surface area contributed by atoms with Gasteiger partial charge in [-0.1, -0.05) is 0 Å². The molecule has 68 valence electrons. The Hall–Kier alpha value is -1.26. The van der Waals surface area contributed by atoms with Crippen LogP contribution in [0.3, 0.4) is 0 Å². The van der Waals surface area contributed by atoms with Gasteiger partial charge in [-0.3, -0.25) is 4.79 Å². The fourth-order valence-corrected chi connectivity index (χ4v) is 1.35. The van der Waals surface area contributed by atoms with Crippen molar-refractivity contribution in [3.63, 3.8) is 0 Å². The topological polar surface area (TPSA) is 60.9 Å². The van der Waals surface area contributed by atoms with Gasteiger partial charge in [0.05, 0.1) is 12.5 Å². The van der Waals surface area contributed by atoms with Crippen molar-refractivity contribution >= 4 is 12.0 Å². The molecule has 0 saturated carbocycles. The molecule has 1 aliphatic rings. The average molecular weight is 172 g/mol. The largest absolute Gasteiger partial charge is 0.481 e. The highest BCUT2D eigenvalue weighted by Gasteiger charge is 2.33. The van der Waals surface area contributed by atoms with E-state index in [1.165, 1.54) is 9.80 Å². The second kappa shape index (κ2) is 3.00. The van der Waals surface area contributed by atoms with Gasteiger partial charge in [-0.2, -0.15) is 0 Å². The highest BCUT2D eigenvalue weighted by Crippen LogP contribution is 2.14. The van der Waals surface area contributed by atoms with E-state index in [0.29, 0.717) is 6.54 Å². The van der Waals surface area contributed by atoms with E-state index in [4.69, 9.17) is 5.11 Å². The van der Waals surface area contributed by atoms with Crippen LogP contribution in [0, 0.1) is 0 Å². The van der Waals surface area contributed by atoms with Crippen LogP contribution >= 0.6 is 0 Å². The van der Waals surface area contributed by atoms with Crippen molar-refractivity contribution in [2.24, 2.45) is 0 Å². The molecule has 1 aliphatic heterocycles. The van der Waals surface area contributed by atoms with Gasteiger partial charge in [0.15, 0.2) is 0 Å². The molecule has 12 heavy (non-hydrogen) atoms. The molecule has 1 atom stereocenters. The first-order valence-electron chi connectivity index (χ1n) is 3.72. The van der Waals surface area contributed by atoms with Crippen molar-refractivity contribution in [1.82, 2.24) is 9.80 Å². The summed E-state index contributed by atoms with van der Waals surface area (Å²) < 4.78 is 0. The molecule has 5 nitrogen and oxygen atoms in total. The van der Waals surface area contributed by atoms with Gasteiger partial charge < -0.3 is 14.9 Å². The van der Waals surface area contributed by atoms with Gasteiger partial charge in [0.1, 0.15) is 0 Å². The third kappa shape index (κ3) is 1.49. The lowest BCUT2D eigenvalue weighted by Gasteiger charge is -2.14. The van der Waals surface area contributed by atoms with E-state index in [9.17, 15) is 9.59 Å². The number of carbonyl (C=O) groups excluding carboxylic acids is 1. The predicted octanol–water partition coefficient (Wildman–Crippen LogP) is -0.173. The Balaban J connectivity index is 2.58. The minimum Gasteiger partial charge on any atom is -0.481 e. The molecule has 0 aromatic carbocycles. The van der Waals surface area contributed by atoms with Gasteiger partial charge in [-0.15, -0.1) is 0 Å². The first-order chi connectivity index (χ1) is 5.52. The van der Waals surface area contributed by atoms with Crippen LogP contribution in [0.1, 0.15) is 6.42 Å². The van der Waals surface area contributed by atoms with E-state index in [-0.39, 0.29) is 18.5 Å². The third-order valence-electron chi connectivity index (χ3n) is 2.07. The zero-order valence-electron chi connectivity index (χ0n) is 7.15. The summed E-state index contributed by atoms with van der Waals surface area (Å²) in [4.78, 5) is 24.5. The molecular formula is C7H12N2O3. The summed E-state index contributed by atoms with van der Waals surface area (Å²) >= 11 is 0. The molecule has 0 aliphatic carbocycles. The molecule has 0 aromatic heterocycles. The fraction of sp³-hybridized carbons (Fsp3) is 0.714. The average Bonchev–Trinajstić information content (AvgIpc) is 2.17. The lowest BCUT2D eigenvalue weighted by molar-refractivity contribution is -0.137. The molecule has 1 N–H and O–H groups in total. The lowest BCUT2D eigenvalue weighted by Crippen LogP contribution is -2.31. The van der Waals surface area contributed by atoms with E-state index in [2.05, 4.69) is 0 Å². The Morgan fingerprint density at radius 1 is 1.67 bits per heavy atom. The summed E-state index contributed by atoms with van der Waals surface area (Å²) in [7, 11) is 3.29. The van der Waals surface area contributed by atoms with Gasteiger partial charge >= 0.3 is 12.0 Å². The number of hydrogen-bond donors (Lipinski definition) is 1. The Bertz CT molecular complexity index is 217. The van der Waals surface area contributed by atoms with E-state index in [1.807, 2.05) is 0 Å². The van der Waals surface area contributed by atoms with E-state index >= 15 is 0 Å². The summed E-state index contributed by atoms with van der Waals surface area (Å²) in [5.41, 5.74) is 0. The molecule has 5 heteroatoms. The maximum atomic E-state index is 11.2. The molecule has 1 heterocycles. The number of urea groups is 1. The van der Waals surface area contributed by atoms with Crippen molar-refractivity contribution in [3.05, 3.63) is 0 Å². The van der Waals surface area contributed by atoms with Crippen molar-refractivity contribution in [3.8, 4) is 0 Å². The van der Waals surface area contributed by atoms with E-state index in [0.717, 1.165) is 0 Å². The van der Waals surface area contributed by atoms with Gasteiger partial charge in [-0.05, 0) is 0 Å². The van der Waals surface area contributed by atoms with Crippen molar-refractivity contribution in [2.75, 3.05) is 20.6 Å². The van der Waals surface area contributed by atoms with Gasteiger partial charge in [0, 0.05) is 20.6 Å². The SMILES string of the molecule is CN1C[C@H](CC(=O)O)N(C)C1=O. The minimum absolute atomic E-state index is 0.0204. The Kier molecular flexibility index (Phi) is 2.21. The second-order valence-corrected chi connectivity index (χ2v) is 3.03. The number of nitrogens with zero attached hydrogens (tertiary/aromatic N) is 2. The molecule has 0 unspecified atom stereocenters. The number of carboxylic acids is 1. The van der Waals surface area contributed by atoms with Gasteiger partial charge in [0.2, 0.25) is 0 Å². The first kappa shape index (κ1) is 8.83. The standard InChI is InChI=1S/C7H12N2O3/c1-8-4-5(3-6(10)11)9(2)7(8)12/h5H,3-4H2,1-2H3,(H,10,11)/t5-/m0/s1. The number of rotatable bonds is 2. The van der Waals surface area contributed by atoms with E-state index < -0.39 is 5.97 Å². The fourth-order valence-electron chi connectivity index (χ4n) is 1.35. The maximum absolute atomic E-state index is 11.2. The number of carbonyl (C=O) groups is 2. The second-order valence-electron chi connectivity index (χ2n) is 3.03. The maximum Gasteiger partial charge on any atom is 0.319 e. The van der Waals surface area contributed by atoms with Crippen LogP contribution in [0.2, 0.25) is 0 Å². The van der Waals surface area contributed by atoms with Crippen molar-refractivity contribution < 1.29 is 14.7 Å². The predicted molar refractivity (Wildman–Crippen MR) is 41.8 cm³/mol. The molecule has 1 saturated heterocycles. The summed E-state index contributed by atoms with van der Waals surface area (Å²) in [6.07, 6.45) is 0.0204. The monoisotopic (exact) mass is 172 g/mol. The van der Waals surface area contributed by atoms with Crippen LogP contribution in [-0.2, 0) is 4.79 Å². The van der Waals surface area contributed by atoms with Gasteiger partial charge in [0.25, 0.3) is 0 Å². The number of carboxylic acid groups (broad SMARTS) is 1. The minimum atomic E-state index is -0.866. The number of amides is 2. The highest BCUT2D eigenvalue weighted by atomic mass is 16.4. The smallest absolute Gasteiger partial charge is 0.319 e. The summed E-state index contributed by atoms with van der Waals surface area (Å²) in [6, 6.07) is -0.291. The highest BCUT2D eigenvalue weighted by molar-refractivity contribution is 5.78. The number of aliphatic carboxylic acids is 1. The number of likely N-dealkylation sites (N-methyl/N-ethyl adjacent to an activating group) is 2. The molecular weight excluding hydrogens is 160 g/mol. The van der Waals surface area contributed by atoms with Crippen LogP contribution in [-0.4, -0.2) is 53.6 Å². The van der Waals surface area contributed by atoms with Crippen molar-refractivity contribution in [2.45, 2.75) is 12.5 Å². The third-order valence-corrected chi connectivity index (χ3v) is 2.07. The van der Waals surface area contributed by atoms with Crippen LogP contribution in [0.4, 0.5) is 4.79 Å². The van der Waals surface area contributed by atoms with Crippen LogP contribution in [0.5, 0.6) is 0 Å². The molecule has 1 fully saturated rings. The molecule has 0 bridgehead atoms. The number of hydrogen-bond acceptors (Lipinski definition) is 2. The normalized spacial score (nSPS) is 23.5. The molecule has 0 radical (unpaired) electrons. The zero-order valence-corrected chi connectivity index (χ0v) is 7.15. The quantitative estimate of drug-likeness (QED) is 0.629. The molecule has 1 rings (SSSR count). The summed E-state index contributed by atoms with van der Waals surface area (Å²) in [6.45, 7) is 0.502. The van der Waals surface area contributed by atoms with Crippen LogP contribution < -0.4 is 0 Å². The Morgan fingerprint density at radius 2 is 2.25 bits per heavy atom. The van der Waals surface area contributed by atoms with Crippen LogP contribution in [0.25, 0.3) is 0 Å². The van der Waals surface area contributed by atoms with E-state index in [1.54, 1.807) is 14.1 Å². The zero-order chi connectivity index (χ0) is 9.30. The molecule has 0 aromatic rings. The lowest BCUT2D eigenvalue weighted by atomic mass is 10.2. The van der Waals surface area contributed by atoms with Gasteiger partial charge in [-0.25, -0.2) is 4.79 Å². The van der Waals surface area contributed by atoms with Crippen molar-refractivity contribution in [1.29, 1.82) is 0 Å². The molecule has 2 amide bonds. The summed E-state index contributed by atoms with van der Waals surface area (Å²) in [5.74, 6) is -0.866. The Labute approximate surface area is 70.6 Å². The summed E-state index contributed by atoms with van der Waals surface area (Å²) in [5, 5.41) is 8.51.